The Morgan fingerprint density at radius 2 is 1.69 bits per heavy atom. The van der Waals surface area contributed by atoms with Crippen LogP contribution in [0.15, 0.2) is 65.6 Å². The molecule has 0 aliphatic carbocycles. The van der Waals surface area contributed by atoms with Crippen LogP contribution in [-0.2, 0) is 26.5 Å². The first-order valence-electron chi connectivity index (χ1n) is 9.45. The Hall–Kier alpha value is -2.58. The van der Waals surface area contributed by atoms with Crippen LogP contribution in [0.2, 0.25) is 0 Å². The SMILES string of the molecule is CCS(=O)(=O)N1CCCc2ccc(NS(=O)(=O)c3ccc4ccccc4c3)cc21. The molecular formula is C21H22N2O4S2. The minimum Gasteiger partial charge on any atom is -0.280 e. The molecule has 3 aromatic rings. The van der Waals surface area contributed by atoms with E-state index >= 15 is 0 Å². The minimum absolute atomic E-state index is 0.000511. The number of nitrogens with zero attached hydrogens (tertiary/aromatic N) is 1. The summed E-state index contributed by atoms with van der Waals surface area (Å²) < 4.78 is 54.7. The molecule has 0 unspecified atom stereocenters. The molecule has 3 aromatic carbocycles. The Morgan fingerprint density at radius 3 is 2.45 bits per heavy atom. The largest absolute Gasteiger partial charge is 0.280 e. The lowest BCUT2D eigenvalue weighted by Gasteiger charge is -2.30. The van der Waals surface area contributed by atoms with E-state index in [2.05, 4.69) is 4.72 Å². The molecule has 0 amide bonds. The summed E-state index contributed by atoms with van der Waals surface area (Å²) >= 11 is 0. The number of fused-ring (bicyclic) bond motifs is 2. The predicted octanol–water partition coefficient (Wildman–Crippen LogP) is 3.74. The third-order valence-electron chi connectivity index (χ3n) is 5.15. The third kappa shape index (κ3) is 3.82. The Morgan fingerprint density at radius 1 is 0.931 bits per heavy atom. The number of sulfonamides is 2. The molecule has 0 atom stereocenters. The molecule has 0 fully saturated rings. The molecule has 1 aliphatic heterocycles. The van der Waals surface area contributed by atoms with Gasteiger partial charge in [0.2, 0.25) is 10.0 Å². The van der Waals surface area contributed by atoms with E-state index in [1.54, 1.807) is 43.3 Å². The van der Waals surface area contributed by atoms with Crippen LogP contribution < -0.4 is 9.03 Å². The number of nitrogens with one attached hydrogen (secondary N) is 1. The van der Waals surface area contributed by atoms with Crippen molar-refractivity contribution in [3.63, 3.8) is 0 Å². The molecule has 6 nitrogen and oxygen atoms in total. The minimum atomic E-state index is -3.81. The molecule has 4 rings (SSSR count). The van der Waals surface area contributed by atoms with E-state index in [-0.39, 0.29) is 10.6 Å². The van der Waals surface area contributed by atoms with Gasteiger partial charge < -0.3 is 0 Å². The molecule has 1 N–H and O–H groups in total. The second-order valence-electron chi connectivity index (χ2n) is 7.03. The molecular weight excluding hydrogens is 408 g/mol. The molecule has 0 bridgehead atoms. The number of hydrogen-bond donors (Lipinski definition) is 1. The Bertz CT molecular complexity index is 1290. The Labute approximate surface area is 171 Å². The topological polar surface area (TPSA) is 83.6 Å². The smallest absolute Gasteiger partial charge is 0.261 e. The van der Waals surface area contributed by atoms with Gasteiger partial charge in [-0.1, -0.05) is 36.4 Å². The number of anilines is 2. The van der Waals surface area contributed by atoms with E-state index in [1.807, 2.05) is 24.3 Å². The summed E-state index contributed by atoms with van der Waals surface area (Å²) in [6.45, 7) is 2.01. The van der Waals surface area contributed by atoms with Crippen molar-refractivity contribution in [1.29, 1.82) is 0 Å². The highest BCUT2D eigenvalue weighted by molar-refractivity contribution is 7.93. The highest BCUT2D eigenvalue weighted by Crippen LogP contribution is 2.33. The molecule has 0 radical (unpaired) electrons. The summed E-state index contributed by atoms with van der Waals surface area (Å²) in [5.74, 6) is -0.000511. The number of benzene rings is 3. The zero-order chi connectivity index (χ0) is 20.6. The van der Waals surface area contributed by atoms with E-state index in [4.69, 9.17) is 0 Å². The van der Waals surface area contributed by atoms with Gasteiger partial charge in [-0.05, 0) is 60.4 Å². The maximum atomic E-state index is 12.9. The fourth-order valence-corrected chi connectivity index (χ4v) is 5.87. The molecule has 0 aromatic heterocycles. The summed E-state index contributed by atoms with van der Waals surface area (Å²) in [6.07, 6.45) is 1.51. The Balaban J connectivity index is 1.69. The van der Waals surface area contributed by atoms with Crippen molar-refractivity contribution in [2.45, 2.75) is 24.7 Å². The van der Waals surface area contributed by atoms with Crippen molar-refractivity contribution in [2.75, 3.05) is 21.3 Å². The van der Waals surface area contributed by atoms with Crippen LogP contribution in [-0.4, -0.2) is 29.1 Å². The average Bonchev–Trinajstić information content (AvgIpc) is 2.72. The Kier molecular flexibility index (Phi) is 5.00. The van der Waals surface area contributed by atoms with Gasteiger partial charge in [-0.3, -0.25) is 9.03 Å². The predicted molar refractivity (Wildman–Crippen MR) is 116 cm³/mol. The zero-order valence-corrected chi connectivity index (χ0v) is 17.6. The van der Waals surface area contributed by atoms with E-state index in [9.17, 15) is 16.8 Å². The fourth-order valence-electron chi connectivity index (χ4n) is 3.60. The standard InChI is InChI=1S/C21H22N2O4S2/c1-2-28(24,25)23-13-5-8-17-9-11-19(15-21(17)23)22-29(26,27)20-12-10-16-6-3-4-7-18(16)14-20/h3-4,6-7,9-12,14-15,22H,2,5,8,13H2,1H3. The highest BCUT2D eigenvalue weighted by Gasteiger charge is 2.27. The second kappa shape index (κ2) is 7.35. The second-order valence-corrected chi connectivity index (χ2v) is 10.9. The van der Waals surface area contributed by atoms with E-state index in [0.717, 1.165) is 29.2 Å². The fraction of sp³-hybridized carbons (Fsp3) is 0.238. The molecule has 1 aliphatic rings. The van der Waals surface area contributed by atoms with Crippen molar-refractivity contribution < 1.29 is 16.8 Å². The molecule has 29 heavy (non-hydrogen) atoms. The van der Waals surface area contributed by atoms with Crippen molar-refractivity contribution in [2.24, 2.45) is 0 Å². The van der Waals surface area contributed by atoms with Crippen molar-refractivity contribution in [3.05, 3.63) is 66.2 Å². The molecule has 152 valence electrons. The van der Waals surface area contributed by atoms with Crippen LogP contribution in [0.5, 0.6) is 0 Å². The molecule has 0 saturated heterocycles. The lowest BCUT2D eigenvalue weighted by Crippen LogP contribution is -2.36. The van der Waals surface area contributed by atoms with E-state index < -0.39 is 20.0 Å². The van der Waals surface area contributed by atoms with Gasteiger partial charge in [-0.15, -0.1) is 0 Å². The van der Waals surface area contributed by atoms with Gasteiger partial charge in [0.15, 0.2) is 0 Å². The quantitative estimate of drug-likeness (QED) is 0.668. The van der Waals surface area contributed by atoms with Crippen LogP contribution in [0.1, 0.15) is 18.9 Å². The summed E-state index contributed by atoms with van der Waals surface area (Å²) in [4.78, 5) is 0.159. The molecule has 8 heteroatoms. The summed E-state index contributed by atoms with van der Waals surface area (Å²) in [5.41, 5.74) is 1.80. The van der Waals surface area contributed by atoms with Crippen molar-refractivity contribution >= 4 is 42.2 Å². The third-order valence-corrected chi connectivity index (χ3v) is 8.30. The van der Waals surface area contributed by atoms with Gasteiger partial charge in [-0.25, -0.2) is 16.8 Å². The van der Waals surface area contributed by atoms with Gasteiger partial charge in [0, 0.05) is 6.54 Å². The summed E-state index contributed by atoms with van der Waals surface area (Å²) in [5, 5.41) is 1.79. The van der Waals surface area contributed by atoms with Crippen molar-refractivity contribution in [1.82, 2.24) is 0 Å². The first kappa shape index (κ1) is 19.7. The summed E-state index contributed by atoms with van der Waals surface area (Å²) in [7, 11) is -7.22. The van der Waals surface area contributed by atoms with Crippen LogP contribution in [0, 0.1) is 0 Å². The zero-order valence-electron chi connectivity index (χ0n) is 16.0. The number of hydrogen-bond acceptors (Lipinski definition) is 4. The average molecular weight is 431 g/mol. The normalized spacial score (nSPS) is 14.6. The van der Waals surface area contributed by atoms with Crippen LogP contribution in [0.4, 0.5) is 11.4 Å². The maximum Gasteiger partial charge on any atom is 0.261 e. The highest BCUT2D eigenvalue weighted by atomic mass is 32.2. The number of aryl methyl sites for hydroxylation is 1. The van der Waals surface area contributed by atoms with Gasteiger partial charge in [-0.2, -0.15) is 0 Å². The first-order chi connectivity index (χ1) is 13.8. The summed E-state index contributed by atoms with van der Waals surface area (Å²) in [6, 6.07) is 17.6. The molecule has 1 heterocycles. The van der Waals surface area contributed by atoms with Gasteiger partial charge >= 0.3 is 0 Å². The van der Waals surface area contributed by atoms with E-state index in [0.29, 0.717) is 17.9 Å². The van der Waals surface area contributed by atoms with Gasteiger partial charge in [0.25, 0.3) is 10.0 Å². The van der Waals surface area contributed by atoms with E-state index in [1.165, 1.54) is 4.31 Å². The van der Waals surface area contributed by atoms with Crippen LogP contribution in [0.25, 0.3) is 10.8 Å². The van der Waals surface area contributed by atoms with Gasteiger partial charge in [0.05, 0.1) is 22.0 Å². The van der Waals surface area contributed by atoms with Crippen molar-refractivity contribution in [3.8, 4) is 0 Å². The number of rotatable bonds is 5. The monoisotopic (exact) mass is 430 g/mol. The van der Waals surface area contributed by atoms with Gasteiger partial charge in [0.1, 0.15) is 0 Å². The maximum absolute atomic E-state index is 12.9. The lowest BCUT2D eigenvalue weighted by atomic mass is 10.0. The lowest BCUT2D eigenvalue weighted by molar-refractivity contribution is 0.588. The van der Waals surface area contributed by atoms with Crippen LogP contribution >= 0.6 is 0 Å². The molecule has 0 spiro atoms. The first-order valence-corrected chi connectivity index (χ1v) is 12.5. The van der Waals surface area contributed by atoms with Crippen LogP contribution in [0.3, 0.4) is 0 Å². The molecule has 0 saturated carbocycles.